The van der Waals surface area contributed by atoms with Crippen molar-refractivity contribution < 1.29 is 9.47 Å². The van der Waals surface area contributed by atoms with E-state index in [2.05, 4.69) is 77.7 Å². The lowest BCUT2D eigenvalue weighted by atomic mass is 9.52. The second-order valence-corrected chi connectivity index (χ2v) is 11.4. The summed E-state index contributed by atoms with van der Waals surface area (Å²) in [6.07, 6.45) is 7.45. The molecule has 5 rings (SSSR count). The molecule has 28 heavy (non-hydrogen) atoms. The third kappa shape index (κ3) is 2.38. The van der Waals surface area contributed by atoms with Crippen molar-refractivity contribution in [3.05, 3.63) is 35.4 Å². The van der Waals surface area contributed by atoms with Crippen molar-refractivity contribution in [1.29, 1.82) is 0 Å². The second kappa shape index (κ2) is 5.56. The van der Waals surface area contributed by atoms with E-state index >= 15 is 0 Å². The molecule has 2 aliphatic heterocycles. The molecular weight excluding hydrogens is 346 g/mol. The van der Waals surface area contributed by atoms with Crippen LogP contribution in [0.25, 0.3) is 0 Å². The maximum Gasteiger partial charge on any atom is 0.165 e. The van der Waals surface area contributed by atoms with Gasteiger partial charge in [-0.3, -0.25) is 4.90 Å². The molecule has 1 spiro atoms. The summed E-state index contributed by atoms with van der Waals surface area (Å²) >= 11 is 0. The molecule has 2 heterocycles. The van der Waals surface area contributed by atoms with Crippen molar-refractivity contribution in [3.8, 4) is 11.5 Å². The lowest BCUT2D eigenvalue weighted by molar-refractivity contribution is -0.0576. The lowest BCUT2D eigenvalue weighted by Gasteiger charge is -2.60. The highest BCUT2D eigenvalue weighted by molar-refractivity contribution is 5.62. The van der Waals surface area contributed by atoms with Crippen molar-refractivity contribution in [2.24, 2.45) is 11.8 Å². The first-order valence-electron chi connectivity index (χ1n) is 11.0. The number of piperidine rings is 1. The zero-order chi connectivity index (χ0) is 20.1. The molecule has 2 bridgehead atoms. The van der Waals surface area contributed by atoms with E-state index in [9.17, 15) is 0 Å². The fraction of sp³-hybridized carbons (Fsp3) is 0.680. The van der Waals surface area contributed by atoms with Gasteiger partial charge >= 0.3 is 0 Å². The van der Waals surface area contributed by atoms with Gasteiger partial charge in [0.25, 0.3) is 0 Å². The van der Waals surface area contributed by atoms with E-state index in [1.54, 1.807) is 0 Å². The Morgan fingerprint density at radius 1 is 1.11 bits per heavy atom. The zero-order valence-corrected chi connectivity index (χ0v) is 18.5. The van der Waals surface area contributed by atoms with Crippen LogP contribution in [0, 0.1) is 11.8 Å². The third-order valence-electron chi connectivity index (χ3n) is 7.41. The largest absolute Gasteiger partial charge is 0.485 e. The van der Waals surface area contributed by atoms with Crippen LogP contribution in [0.2, 0.25) is 0 Å². The summed E-state index contributed by atoms with van der Waals surface area (Å²) in [6, 6.07) is 5.03. The minimum atomic E-state index is -0.227. The Morgan fingerprint density at radius 3 is 2.54 bits per heavy atom. The van der Waals surface area contributed by atoms with Gasteiger partial charge in [-0.25, -0.2) is 0 Å². The highest BCUT2D eigenvalue weighted by atomic mass is 16.5. The molecular formula is C25H35NO2. The summed E-state index contributed by atoms with van der Waals surface area (Å²) in [5, 5.41) is 0. The molecule has 0 aromatic heterocycles. The van der Waals surface area contributed by atoms with Crippen LogP contribution in [0.3, 0.4) is 0 Å². The highest BCUT2D eigenvalue weighted by Gasteiger charge is 2.64. The predicted octanol–water partition coefficient (Wildman–Crippen LogP) is 5.11. The summed E-state index contributed by atoms with van der Waals surface area (Å²) in [5.41, 5.74) is 3.03. The second-order valence-electron chi connectivity index (χ2n) is 11.4. The fourth-order valence-electron chi connectivity index (χ4n) is 6.55. The monoisotopic (exact) mass is 381 g/mol. The van der Waals surface area contributed by atoms with Crippen molar-refractivity contribution in [1.82, 2.24) is 4.90 Å². The van der Waals surface area contributed by atoms with E-state index in [1.807, 2.05) is 0 Å². The molecule has 1 aromatic rings. The Bertz CT molecular complexity index is 843. The van der Waals surface area contributed by atoms with Gasteiger partial charge in [0.1, 0.15) is 11.7 Å². The average molecular weight is 382 g/mol. The van der Waals surface area contributed by atoms with Gasteiger partial charge in [0.15, 0.2) is 11.5 Å². The quantitative estimate of drug-likeness (QED) is 0.631. The Kier molecular flexibility index (Phi) is 3.68. The summed E-state index contributed by atoms with van der Waals surface area (Å²) in [4.78, 5) is 2.75. The summed E-state index contributed by atoms with van der Waals surface area (Å²) in [7, 11) is 0. The fourth-order valence-corrected chi connectivity index (χ4v) is 6.55. The minimum absolute atomic E-state index is 0.112. The molecule has 1 aromatic carbocycles. The van der Waals surface area contributed by atoms with Crippen LogP contribution in [0.5, 0.6) is 11.5 Å². The van der Waals surface area contributed by atoms with E-state index in [-0.39, 0.29) is 22.7 Å². The predicted molar refractivity (Wildman–Crippen MR) is 113 cm³/mol. The summed E-state index contributed by atoms with van der Waals surface area (Å²) in [6.45, 7) is 16.9. The first-order chi connectivity index (χ1) is 13.0. The number of rotatable bonds is 1. The Hall–Kier alpha value is -1.48. The Morgan fingerprint density at radius 2 is 1.86 bits per heavy atom. The smallest absolute Gasteiger partial charge is 0.165 e. The molecule has 0 saturated carbocycles. The zero-order valence-electron chi connectivity index (χ0n) is 18.5. The molecule has 0 radical (unpaired) electrons. The van der Waals surface area contributed by atoms with E-state index in [4.69, 9.17) is 9.47 Å². The van der Waals surface area contributed by atoms with Crippen LogP contribution in [-0.4, -0.2) is 34.7 Å². The number of likely N-dealkylation sites (tertiary alicyclic amines) is 1. The van der Waals surface area contributed by atoms with E-state index in [0.29, 0.717) is 17.9 Å². The molecule has 152 valence electrons. The van der Waals surface area contributed by atoms with Crippen molar-refractivity contribution >= 4 is 0 Å². The van der Waals surface area contributed by atoms with Gasteiger partial charge in [0.2, 0.25) is 0 Å². The number of hydrogen-bond acceptors (Lipinski definition) is 3. The van der Waals surface area contributed by atoms with E-state index in [1.165, 1.54) is 17.5 Å². The summed E-state index contributed by atoms with van der Waals surface area (Å²) in [5.74, 6) is 2.93. The van der Waals surface area contributed by atoms with Gasteiger partial charge < -0.3 is 9.47 Å². The number of nitrogens with zero attached hydrogens (tertiary/aromatic N) is 1. The first kappa shape index (κ1) is 18.5. The SMILES string of the molecule is C[C@H]1C=CC2C3Cc4ccc(OC(C)(C)C)c5c4[C@@]2(CCN3C(C)(C)C)[C@H]1O5. The van der Waals surface area contributed by atoms with Gasteiger partial charge in [-0.05, 0) is 72.6 Å². The van der Waals surface area contributed by atoms with Crippen LogP contribution in [0.15, 0.2) is 24.3 Å². The molecule has 2 aliphatic carbocycles. The van der Waals surface area contributed by atoms with Crippen molar-refractivity contribution in [2.75, 3.05) is 6.54 Å². The first-order valence-corrected chi connectivity index (χ1v) is 11.0. The minimum Gasteiger partial charge on any atom is -0.485 e. The van der Waals surface area contributed by atoms with Gasteiger partial charge in [0, 0.05) is 34.4 Å². The van der Waals surface area contributed by atoms with Gasteiger partial charge in [0.05, 0.1) is 0 Å². The Balaban J connectivity index is 1.70. The Labute approximate surface area is 170 Å². The molecule has 5 atom stereocenters. The molecule has 0 amide bonds. The normalized spacial score (nSPS) is 36.1. The molecule has 1 saturated heterocycles. The van der Waals surface area contributed by atoms with Crippen molar-refractivity contribution in [2.45, 2.75) is 90.0 Å². The van der Waals surface area contributed by atoms with E-state index in [0.717, 1.165) is 24.5 Å². The molecule has 4 aliphatic rings. The highest BCUT2D eigenvalue weighted by Crippen LogP contribution is 2.64. The van der Waals surface area contributed by atoms with Gasteiger partial charge in [-0.1, -0.05) is 25.1 Å². The summed E-state index contributed by atoms with van der Waals surface area (Å²) < 4.78 is 13.1. The molecule has 1 fully saturated rings. The van der Waals surface area contributed by atoms with Crippen LogP contribution in [0.4, 0.5) is 0 Å². The van der Waals surface area contributed by atoms with Gasteiger partial charge in [-0.2, -0.15) is 0 Å². The lowest BCUT2D eigenvalue weighted by Crippen LogP contribution is -2.67. The standard InChI is InChI=1S/C25H35NO2/c1-15-8-10-17-18-14-16-9-11-19(28-24(5,6)7)21-20(16)25(17,22(15)27-21)12-13-26(18)23(2,3)4/h8-11,15,17-18,22H,12-14H2,1-7H3/t15-,17?,18?,22-,25-/m0/s1. The number of ether oxygens (including phenoxy) is 2. The van der Waals surface area contributed by atoms with Crippen LogP contribution in [-0.2, 0) is 11.8 Å². The average Bonchev–Trinajstić information content (AvgIpc) is 2.90. The molecule has 3 nitrogen and oxygen atoms in total. The third-order valence-corrected chi connectivity index (χ3v) is 7.41. The maximum atomic E-state index is 6.79. The maximum absolute atomic E-state index is 6.79. The van der Waals surface area contributed by atoms with Gasteiger partial charge in [-0.15, -0.1) is 0 Å². The molecule has 2 unspecified atom stereocenters. The topological polar surface area (TPSA) is 21.7 Å². The van der Waals surface area contributed by atoms with E-state index < -0.39 is 0 Å². The molecule has 3 heteroatoms. The number of benzene rings is 1. The number of hydrogen-bond donors (Lipinski definition) is 0. The van der Waals surface area contributed by atoms with Crippen LogP contribution >= 0.6 is 0 Å². The van der Waals surface area contributed by atoms with Crippen LogP contribution < -0.4 is 9.47 Å². The molecule has 0 N–H and O–H groups in total. The van der Waals surface area contributed by atoms with Crippen LogP contribution in [0.1, 0.15) is 66.0 Å². The van der Waals surface area contributed by atoms with Crippen molar-refractivity contribution in [3.63, 3.8) is 0 Å².